The van der Waals surface area contributed by atoms with E-state index >= 15 is 0 Å². The van der Waals surface area contributed by atoms with Crippen LogP contribution >= 0.6 is 0 Å². The molecule has 0 aromatic rings. The van der Waals surface area contributed by atoms with E-state index in [0.29, 0.717) is 36.1 Å². The highest BCUT2D eigenvalue weighted by Crippen LogP contribution is 2.65. The van der Waals surface area contributed by atoms with Gasteiger partial charge in [0.2, 0.25) is 5.91 Å². The summed E-state index contributed by atoms with van der Waals surface area (Å²) in [7, 11) is 0. The molecule has 0 aromatic heterocycles. The number of rotatable bonds is 3. The van der Waals surface area contributed by atoms with E-state index in [1.807, 2.05) is 6.08 Å². The van der Waals surface area contributed by atoms with E-state index in [2.05, 4.69) is 31.7 Å². The summed E-state index contributed by atoms with van der Waals surface area (Å²) >= 11 is 0. The number of amides is 1. The highest BCUT2D eigenvalue weighted by molar-refractivity contribution is 5.89. The van der Waals surface area contributed by atoms with Crippen LogP contribution in [0.1, 0.15) is 65.7 Å². The van der Waals surface area contributed by atoms with Crippen molar-refractivity contribution < 1.29 is 14.7 Å². The van der Waals surface area contributed by atoms with Gasteiger partial charge in [-0.3, -0.25) is 9.59 Å². The van der Waals surface area contributed by atoms with Crippen LogP contribution in [0.5, 0.6) is 0 Å². The van der Waals surface area contributed by atoms with Crippen LogP contribution in [0.3, 0.4) is 0 Å². The number of carbonyl (C=O) groups is 2. The lowest BCUT2D eigenvalue weighted by Gasteiger charge is -2.60. The summed E-state index contributed by atoms with van der Waals surface area (Å²) in [5.41, 5.74) is 0.278. The van der Waals surface area contributed by atoms with Crippen molar-refractivity contribution in [2.24, 2.45) is 34.5 Å². The topological polar surface area (TPSA) is 57.6 Å². The van der Waals surface area contributed by atoms with E-state index in [4.69, 9.17) is 0 Å². The van der Waals surface area contributed by atoms with Crippen molar-refractivity contribution in [3.8, 4) is 0 Å². The first-order chi connectivity index (χ1) is 12.3. The summed E-state index contributed by atoms with van der Waals surface area (Å²) in [4.78, 5) is 25.8. The van der Waals surface area contributed by atoms with Gasteiger partial charge in [0, 0.05) is 24.4 Å². The third-order valence-corrected chi connectivity index (χ3v) is 8.93. The number of hydrogen-bond acceptors (Lipinski definition) is 2. The second-order valence-corrected chi connectivity index (χ2v) is 9.71. The first-order valence-electron chi connectivity index (χ1n) is 10.5. The minimum Gasteiger partial charge on any atom is -0.481 e. The van der Waals surface area contributed by atoms with Gasteiger partial charge in [-0.05, 0) is 80.6 Å². The zero-order valence-electron chi connectivity index (χ0n) is 16.4. The van der Waals surface area contributed by atoms with Crippen molar-refractivity contribution in [3.63, 3.8) is 0 Å². The van der Waals surface area contributed by atoms with Crippen molar-refractivity contribution in [2.75, 3.05) is 6.54 Å². The number of carbonyl (C=O) groups excluding carboxylic acids is 1. The molecule has 3 saturated carbocycles. The molecular formula is C22H33NO3. The van der Waals surface area contributed by atoms with Crippen molar-refractivity contribution in [3.05, 3.63) is 12.2 Å². The fraction of sp³-hybridized carbons (Fsp3) is 0.818. The molecule has 1 amide bonds. The quantitative estimate of drug-likeness (QED) is 0.825. The molecule has 1 aliphatic heterocycles. The van der Waals surface area contributed by atoms with Crippen molar-refractivity contribution >= 4 is 11.9 Å². The van der Waals surface area contributed by atoms with Crippen LogP contribution in [0, 0.1) is 34.5 Å². The Morgan fingerprint density at radius 3 is 2.65 bits per heavy atom. The first kappa shape index (κ1) is 18.1. The largest absolute Gasteiger partial charge is 0.481 e. The molecule has 4 rings (SSSR count). The van der Waals surface area contributed by atoms with Gasteiger partial charge in [0.05, 0.1) is 0 Å². The molecule has 7 unspecified atom stereocenters. The van der Waals surface area contributed by atoms with Crippen LogP contribution in [0.15, 0.2) is 12.2 Å². The Bertz CT molecular complexity index is 643. The van der Waals surface area contributed by atoms with E-state index in [0.717, 1.165) is 25.8 Å². The molecule has 0 radical (unpaired) electrons. The van der Waals surface area contributed by atoms with Crippen molar-refractivity contribution in [2.45, 2.75) is 71.8 Å². The summed E-state index contributed by atoms with van der Waals surface area (Å²) in [6.45, 7) is 7.64. The molecule has 0 aromatic carbocycles. The Kier molecular flexibility index (Phi) is 4.24. The van der Waals surface area contributed by atoms with E-state index in [9.17, 15) is 14.7 Å². The second-order valence-electron chi connectivity index (χ2n) is 9.71. The maximum absolute atomic E-state index is 12.3. The predicted molar refractivity (Wildman–Crippen MR) is 100 cm³/mol. The van der Waals surface area contributed by atoms with Crippen molar-refractivity contribution in [1.82, 2.24) is 4.90 Å². The number of fused-ring (bicyclic) bond motifs is 5. The Balaban J connectivity index is 1.63. The van der Waals surface area contributed by atoms with Gasteiger partial charge in [0.15, 0.2) is 0 Å². The third-order valence-electron chi connectivity index (χ3n) is 8.93. The average Bonchev–Trinajstić information content (AvgIpc) is 2.91. The standard InChI is InChI=1S/C22H33NO3/c1-4-23-18-8-6-15-16-7-5-14(13-20(25)26)21(16,2)11-9-17(15)22(18,3)12-10-19(23)24/h10,12,14-18H,4-9,11,13H2,1-3H3,(H,25,26). The molecule has 26 heavy (non-hydrogen) atoms. The summed E-state index contributed by atoms with van der Waals surface area (Å²) in [5, 5.41) is 9.34. The molecule has 144 valence electrons. The normalized spacial score (nSPS) is 47.3. The van der Waals surface area contributed by atoms with Crippen LogP contribution in [0.4, 0.5) is 0 Å². The number of carboxylic acid groups (broad SMARTS) is 1. The van der Waals surface area contributed by atoms with Crippen molar-refractivity contribution in [1.29, 1.82) is 0 Å². The molecule has 1 heterocycles. The maximum Gasteiger partial charge on any atom is 0.303 e. The van der Waals surface area contributed by atoms with Crippen LogP contribution in [0.2, 0.25) is 0 Å². The number of nitrogens with zero attached hydrogens (tertiary/aromatic N) is 1. The highest BCUT2D eigenvalue weighted by atomic mass is 16.4. The molecule has 0 spiro atoms. The molecule has 0 saturated heterocycles. The van der Waals surface area contributed by atoms with Gasteiger partial charge < -0.3 is 10.0 Å². The van der Waals surface area contributed by atoms with Gasteiger partial charge in [0.1, 0.15) is 0 Å². The minimum atomic E-state index is -0.637. The number of carboxylic acids is 1. The molecule has 3 aliphatic carbocycles. The van der Waals surface area contributed by atoms with E-state index < -0.39 is 5.97 Å². The van der Waals surface area contributed by atoms with E-state index in [-0.39, 0.29) is 16.7 Å². The van der Waals surface area contributed by atoms with E-state index in [1.54, 1.807) is 0 Å². The SMILES string of the molecule is CCN1C(=O)C=CC2(C)C3CCC4(C)C(CC(=O)O)CCC4C3CCC12. The monoisotopic (exact) mass is 359 g/mol. The lowest BCUT2D eigenvalue weighted by molar-refractivity contribution is -0.143. The lowest BCUT2D eigenvalue weighted by atomic mass is 9.47. The Labute approximate surface area is 157 Å². The lowest BCUT2D eigenvalue weighted by Crippen LogP contribution is -2.60. The molecule has 0 bridgehead atoms. The van der Waals surface area contributed by atoms with Crippen LogP contribution in [0.25, 0.3) is 0 Å². The summed E-state index contributed by atoms with van der Waals surface area (Å²) in [5.74, 6) is 1.85. The van der Waals surface area contributed by atoms with Gasteiger partial charge in [-0.1, -0.05) is 19.9 Å². The number of aliphatic carboxylic acids is 1. The predicted octanol–water partition coefficient (Wildman–Crippen LogP) is 4.11. The van der Waals surface area contributed by atoms with E-state index in [1.165, 1.54) is 19.3 Å². The average molecular weight is 360 g/mol. The number of hydrogen-bond donors (Lipinski definition) is 1. The maximum atomic E-state index is 12.3. The zero-order valence-corrected chi connectivity index (χ0v) is 16.4. The Morgan fingerprint density at radius 2 is 1.96 bits per heavy atom. The molecule has 3 fully saturated rings. The highest BCUT2D eigenvalue weighted by Gasteiger charge is 2.60. The Morgan fingerprint density at radius 1 is 1.19 bits per heavy atom. The van der Waals surface area contributed by atoms with Gasteiger partial charge in [-0.2, -0.15) is 0 Å². The zero-order chi connectivity index (χ0) is 18.7. The second kappa shape index (κ2) is 6.10. The fourth-order valence-corrected chi connectivity index (χ4v) is 7.63. The summed E-state index contributed by atoms with van der Waals surface area (Å²) in [6.07, 6.45) is 11.3. The minimum absolute atomic E-state index is 0.0824. The Hall–Kier alpha value is -1.32. The molecule has 7 atom stereocenters. The third kappa shape index (κ3) is 2.40. The van der Waals surface area contributed by atoms with Gasteiger partial charge in [-0.25, -0.2) is 0 Å². The molecule has 4 aliphatic rings. The van der Waals surface area contributed by atoms with Crippen LogP contribution in [-0.2, 0) is 9.59 Å². The van der Waals surface area contributed by atoms with Crippen LogP contribution in [-0.4, -0.2) is 34.5 Å². The molecular weight excluding hydrogens is 326 g/mol. The molecule has 4 nitrogen and oxygen atoms in total. The summed E-state index contributed by atoms with van der Waals surface area (Å²) < 4.78 is 0. The first-order valence-corrected chi connectivity index (χ1v) is 10.5. The fourth-order valence-electron chi connectivity index (χ4n) is 7.63. The smallest absolute Gasteiger partial charge is 0.303 e. The molecule has 4 heteroatoms. The van der Waals surface area contributed by atoms with Gasteiger partial charge >= 0.3 is 5.97 Å². The summed E-state index contributed by atoms with van der Waals surface area (Å²) in [6, 6.07) is 0.340. The van der Waals surface area contributed by atoms with Gasteiger partial charge in [0.25, 0.3) is 0 Å². The number of likely N-dealkylation sites (N-methyl/N-ethyl adjacent to an activating group) is 1. The molecule has 1 N–H and O–H groups in total. The van der Waals surface area contributed by atoms with Gasteiger partial charge in [-0.15, -0.1) is 0 Å². The van der Waals surface area contributed by atoms with Crippen LogP contribution < -0.4 is 0 Å².